The molecule has 0 aliphatic rings. The molecular weight excluding hydrogens is 324 g/mol. The zero-order valence-corrected chi connectivity index (χ0v) is 13.3. The molecule has 0 saturated carbocycles. The second kappa shape index (κ2) is 6.52. The normalized spacial score (nSPS) is 10.6. The molecule has 0 aliphatic heterocycles. The lowest BCUT2D eigenvalue weighted by Gasteiger charge is -2.07. The summed E-state index contributed by atoms with van der Waals surface area (Å²) in [5.41, 5.74) is 1.03. The molecule has 3 rings (SSSR count). The number of carbonyl (C=O) groups is 1. The highest BCUT2D eigenvalue weighted by atomic mass is 16.6. The number of para-hydroxylation sites is 1. The monoisotopic (exact) mass is 338 g/mol. The molecule has 8 heteroatoms. The fourth-order valence-electron chi connectivity index (χ4n) is 2.44. The smallest absolute Gasteiger partial charge is 0.274 e. The minimum atomic E-state index is -0.634. The molecule has 0 saturated heterocycles. The predicted molar refractivity (Wildman–Crippen MR) is 90.5 cm³/mol. The van der Waals surface area contributed by atoms with Gasteiger partial charge in [0.1, 0.15) is 11.2 Å². The number of amides is 1. The van der Waals surface area contributed by atoms with E-state index in [4.69, 9.17) is 0 Å². The van der Waals surface area contributed by atoms with Crippen molar-refractivity contribution in [2.24, 2.45) is 0 Å². The number of pyridine rings is 1. The van der Waals surface area contributed by atoms with Crippen LogP contribution in [0.5, 0.6) is 0 Å². The summed E-state index contributed by atoms with van der Waals surface area (Å²) in [5.74, 6) is -0.634. The topological polar surface area (TPSA) is 107 Å². The molecular formula is C17H14N4O4. The second-order valence-corrected chi connectivity index (χ2v) is 5.48. The number of rotatable bonds is 4. The van der Waals surface area contributed by atoms with Gasteiger partial charge in [-0.25, -0.2) is 4.98 Å². The molecule has 0 bridgehead atoms. The largest absolute Gasteiger partial charge is 0.347 e. The van der Waals surface area contributed by atoms with Crippen LogP contribution in [0.15, 0.2) is 53.6 Å². The molecule has 0 unspecified atom stereocenters. The number of nitrogens with zero attached hydrogens (tertiary/aromatic N) is 3. The van der Waals surface area contributed by atoms with E-state index in [0.717, 1.165) is 5.56 Å². The standard InChI is InChI=1S/C17H14N4O4/c1-11-6-7-20-15(8-11)18-10-13(17(20)23)16(22)19-9-12-4-2-3-5-14(12)21(24)25/h2-8,10H,9H2,1H3,(H,19,22). The van der Waals surface area contributed by atoms with Crippen LogP contribution < -0.4 is 10.9 Å². The van der Waals surface area contributed by atoms with Gasteiger partial charge < -0.3 is 5.32 Å². The van der Waals surface area contributed by atoms with Gasteiger partial charge in [0.2, 0.25) is 0 Å². The molecule has 25 heavy (non-hydrogen) atoms. The van der Waals surface area contributed by atoms with E-state index in [2.05, 4.69) is 10.3 Å². The fraction of sp³-hybridized carbons (Fsp3) is 0.118. The SMILES string of the molecule is Cc1ccn2c(=O)c(C(=O)NCc3ccccc3[N+](=O)[O-])cnc2c1. The number of hydrogen-bond donors (Lipinski definition) is 1. The number of aromatic nitrogens is 2. The Bertz CT molecular complexity index is 1040. The minimum Gasteiger partial charge on any atom is -0.347 e. The minimum absolute atomic E-state index is 0.0635. The molecule has 2 aromatic heterocycles. The highest BCUT2D eigenvalue weighted by Gasteiger charge is 2.16. The van der Waals surface area contributed by atoms with Gasteiger partial charge in [-0.15, -0.1) is 0 Å². The van der Waals surface area contributed by atoms with E-state index in [1.54, 1.807) is 36.5 Å². The van der Waals surface area contributed by atoms with E-state index in [-0.39, 0.29) is 17.8 Å². The number of nitro groups is 1. The Morgan fingerprint density at radius 1 is 1.32 bits per heavy atom. The predicted octanol–water partition coefficient (Wildman–Crippen LogP) is 1.84. The highest BCUT2D eigenvalue weighted by molar-refractivity contribution is 5.93. The van der Waals surface area contributed by atoms with Crippen LogP contribution in [0.3, 0.4) is 0 Å². The summed E-state index contributed by atoms with van der Waals surface area (Å²) in [7, 11) is 0. The number of carbonyl (C=O) groups excluding carboxylic acids is 1. The molecule has 0 radical (unpaired) electrons. The first-order valence-electron chi connectivity index (χ1n) is 7.46. The van der Waals surface area contributed by atoms with E-state index in [9.17, 15) is 19.7 Å². The number of hydrogen-bond acceptors (Lipinski definition) is 5. The number of nitro benzene ring substituents is 1. The van der Waals surface area contributed by atoms with E-state index in [1.807, 2.05) is 6.92 Å². The van der Waals surface area contributed by atoms with E-state index in [0.29, 0.717) is 11.2 Å². The maximum Gasteiger partial charge on any atom is 0.274 e. The van der Waals surface area contributed by atoms with Crippen LogP contribution in [0.25, 0.3) is 5.65 Å². The van der Waals surface area contributed by atoms with Crippen molar-refractivity contribution in [1.82, 2.24) is 14.7 Å². The summed E-state index contributed by atoms with van der Waals surface area (Å²) in [6.45, 7) is 1.81. The summed E-state index contributed by atoms with van der Waals surface area (Å²) < 4.78 is 1.28. The van der Waals surface area contributed by atoms with Crippen LogP contribution in [0.4, 0.5) is 5.69 Å². The lowest BCUT2D eigenvalue weighted by atomic mass is 10.2. The van der Waals surface area contributed by atoms with E-state index >= 15 is 0 Å². The van der Waals surface area contributed by atoms with Crippen LogP contribution in [0, 0.1) is 17.0 Å². The molecule has 1 N–H and O–H groups in total. The Morgan fingerprint density at radius 3 is 2.84 bits per heavy atom. The average Bonchev–Trinajstić information content (AvgIpc) is 2.60. The number of nitrogens with one attached hydrogen (secondary N) is 1. The molecule has 0 fully saturated rings. The zero-order valence-electron chi connectivity index (χ0n) is 13.3. The Labute approximate surface area is 141 Å². The number of aryl methyl sites for hydroxylation is 1. The molecule has 0 spiro atoms. The van der Waals surface area contributed by atoms with Crippen LogP contribution in [0.1, 0.15) is 21.5 Å². The van der Waals surface area contributed by atoms with Crippen LogP contribution in [0.2, 0.25) is 0 Å². The van der Waals surface area contributed by atoms with Gasteiger partial charge in [0, 0.05) is 30.6 Å². The molecule has 126 valence electrons. The molecule has 1 aromatic carbocycles. The van der Waals surface area contributed by atoms with Crippen LogP contribution in [-0.4, -0.2) is 20.2 Å². The fourth-order valence-corrected chi connectivity index (χ4v) is 2.44. The van der Waals surface area contributed by atoms with Gasteiger partial charge in [-0.05, 0) is 24.6 Å². The lowest BCUT2D eigenvalue weighted by molar-refractivity contribution is -0.385. The van der Waals surface area contributed by atoms with Crippen molar-refractivity contribution in [2.45, 2.75) is 13.5 Å². The zero-order chi connectivity index (χ0) is 18.0. The summed E-state index contributed by atoms with van der Waals surface area (Å²) >= 11 is 0. The molecule has 8 nitrogen and oxygen atoms in total. The Morgan fingerprint density at radius 2 is 2.08 bits per heavy atom. The van der Waals surface area contributed by atoms with Gasteiger partial charge in [-0.1, -0.05) is 18.2 Å². The summed E-state index contributed by atoms with van der Waals surface area (Å²) in [6, 6.07) is 9.57. The van der Waals surface area contributed by atoms with Crippen molar-refractivity contribution >= 4 is 17.2 Å². The second-order valence-electron chi connectivity index (χ2n) is 5.48. The Balaban J connectivity index is 1.86. The summed E-state index contributed by atoms with van der Waals surface area (Å²) in [6.07, 6.45) is 2.77. The van der Waals surface area contributed by atoms with Crippen LogP contribution >= 0.6 is 0 Å². The maximum atomic E-state index is 12.4. The number of fused-ring (bicyclic) bond motifs is 1. The maximum absolute atomic E-state index is 12.4. The third kappa shape index (κ3) is 3.23. The Kier molecular flexibility index (Phi) is 4.25. The van der Waals surface area contributed by atoms with Crippen molar-refractivity contribution < 1.29 is 9.72 Å². The lowest BCUT2D eigenvalue weighted by Crippen LogP contribution is -2.31. The van der Waals surface area contributed by atoms with Gasteiger partial charge in [-0.3, -0.25) is 24.1 Å². The summed E-state index contributed by atoms with van der Waals surface area (Å²) in [5, 5.41) is 13.5. The van der Waals surface area contributed by atoms with Gasteiger partial charge in [0.05, 0.1) is 4.92 Å². The van der Waals surface area contributed by atoms with Crippen molar-refractivity contribution in [3.8, 4) is 0 Å². The third-order valence-corrected chi connectivity index (χ3v) is 3.74. The number of benzene rings is 1. The first kappa shape index (κ1) is 16.3. The van der Waals surface area contributed by atoms with E-state index in [1.165, 1.54) is 16.7 Å². The van der Waals surface area contributed by atoms with Gasteiger partial charge in [0.25, 0.3) is 17.2 Å². The van der Waals surface area contributed by atoms with Crippen molar-refractivity contribution in [3.05, 3.63) is 86.0 Å². The summed E-state index contributed by atoms with van der Waals surface area (Å²) in [4.78, 5) is 39.3. The quantitative estimate of drug-likeness (QED) is 0.577. The Hall–Kier alpha value is -3.55. The average molecular weight is 338 g/mol. The highest BCUT2D eigenvalue weighted by Crippen LogP contribution is 2.17. The van der Waals surface area contributed by atoms with Crippen molar-refractivity contribution in [1.29, 1.82) is 0 Å². The van der Waals surface area contributed by atoms with E-state index < -0.39 is 16.4 Å². The van der Waals surface area contributed by atoms with Gasteiger partial charge in [0.15, 0.2) is 0 Å². The third-order valence-electron chi connectivity index (χ3n) is 3.74. The van der Waals surface area contributed by atoms with Crippen molar-refractivity contribution in [3.63, 3.8) is 0 Å². The van der Waals surface area contributed by atoms with Gasteiger partial charge in [-0.2, -0.15) is 0 Å². The first-order chi connectivity index (χ1) is 12.0. The molecule has 0 aliphatic carbocycles. The molecule has 0 atom stereocenters. The first-order valence-corrected chi connectivity index (χ1v) is 7.46. The molecule has 1 amide bonds. The molecule has 2 heterocycles. The van der Waals surface area contributed by atoms with Crippen molar-refractivity contribution in [2.75, 3.05) is 0 Å². The molecule has 3 aromatic rings. The van der Waals surface area contributed by atoms with Crippen LogP contribution in [-0.2, 0) is 6.54 Å². The van der Waals surface area contributed by atoms with Gasteiger partial charge >= 0.3 is 0 Å².